The molecule has 0 saturated carbocycles. The Bertz CT molecular complexity index is 664. The number of rotatable bonds is 5. The fourth-order valence-corrected chi connectivity index (χ4v) is 3.78. The number of nitrogens with one attached hydrogen (secondary N) is 2. The molecule has 1 aromatic carbocycles. The Kier molecular flexibility index (Phi) is 7.22. The molecule has 0 aromatic heterocycles. The summed E-state index contributed by atoms with van der Waals surface area (Å²) in [6.07, 6.45) is 4.01. The highest BCUT2D eigenvalue weighted by molar-refractivity contribution is 5.89. The van der Waals surface area contributed by atoms with E-state index in [0.29, 0.717) is 24.9 Å². The molecule has 0 bridgehead atoms. The van der Waals surface area contributed by atoms with E-state index in [1.807, 2.05) is 4.90 Å². The van der Waals surface area contributed by atoms with Crippen molar-refractivity contribution in [2.24, 2.45) is 0 Å². The molecule has 8 heteroatoms. The Morgan fingerprint density at radius 2 is 1.86 bits per heavy atom. The van der Waals surface area contributed by atoms with E-state index in [1.54, 1.807) is 0 Å². The molecule has 2 fully saturated rings. The lowest BCUT2D eigenvalue weighted by Crippen LogP contribution is -2.52. The highest BCUT2D eigenvalue weighted by Gasteiger charge is 2.33. The number of carbonyl (C=O) groups is 2. The largest absolute Gasteiger partial charge is 0.394 e. The number of hydrogen-bond acceptors (Lipinski definition) is 4. The first kappa shape index (κ1) is 20.5. The third-order valence-corrected chi connectivity index (χ3v) is 5.33. The first-order chi connectivity index (χ1) is 13.5. The summed E-state index contributed by atoms with van der Waals surface area (Å²) in [5.74, 6) is -0.279. The average Bonchev–Trinajstić information content (AvgIpc) is 2.71. The molecule has 0 spiro atoms. The van der Waals surface area contributed by atoms with Crippen molar-refractivity contribution in [1.29, 1.82) is 0 Å². The molecule has 154 valence electrons. The van der Waals surface area contributed by atoms with Crippen LogP contribution in [0.5, 0.6) is 0 Å². The second-order valence-electron chi connectivity index (χ2n) is 7.41. The zero-order valence-electron chi connectivity index (χ0n) is 15.9. The molecule has 1 aromatic rings. The number of benzene rings is 1. The van der Waals surface area contributed by atoms with E-state index in [1.165, 1.54) is 30.7 Å². The minimum absolute atomic E-state index is 0.0989. The molecule has 2 saturated heterocycles. The Hall–Kier alpha value is -2.19. The normalized spacial score (nSPS) is 25.2. The van der Waals surface area contributed by atoms with Crippen LogP contribution < -0.4 is 10.6 Å². The summed E-state index contributed by atoms with van der Waals surface area (Å²) in [6.45, 7) is 1.38. The summed E-state index contributed by atoms with van der Waals surface area (Å²) in [5.41, 5.74) is 0.473. The molecule has 2 aliphatic heterocycles. The average molecular weight is 393 g/mol. The Balaban J connectivity index is 1.47. The summed E-state index contributed by atoms with van der Waals surface area (Å²) in [4.78, 5) is 26.5. The van der Waals surface area contributed by atoms with Gasteiger partial charge in [0.25, 0.3) is 0 Å². The number of nitrogens with zero attached hydrogens (tertiary/aromatic N) is 1. The van der Waals surface area contributed by atoms with E-state index >= 15 is 0 Å². The minimum atomic E-state index is -0.563. The van der Waals surface area contributed by atoms with Crippen LogP contribution in [-0.4, -0.2) is 59.9 Å². The lowest BCUT2D eigenvalue weighted by Gasteiger charge is -2.37. The van der Waals surface area contributed by atoms with Crippen LogP contribution in [-0.2, 0) is 9.53 Å². The summed E-state index contributed by atoms with van der Waals surface area (Å²) in [5, 5.41) is 15.1. The summed E-state index contributed by atoms with van der Waals surface area (Å²) in [6, 6.07) is 4.67. The van der Waals surface area contributed by atoms with Gasteiger partial charge in [-0.05, 0) is 56.4 Å². The number of urea groups is 1. The Morgan fingerprint density at radius 3 is 2.54 bits per heavy atom. The van der Waals surface area contributed by atoms with Crippen LogP contribution >= 0.6 is 0 Å². The molecule has 0 radical (unpaired) electrons. The smallest absolute Gasteiger partial charge is 0.319 e. The van der Waals surface area contributed by atoms with Crippen molar-refractivity contribution in [3.8, 4) is 0 Å². The second-order valence-corrected chi connectivity index (χ2v) is 7.41. The minimum Gasteiger partial charge on any atom is -0.394 e. The molecule has 2 heterocycles. The number of aliphatic hydroxyl groups is 1. The van der Waals surface area contributed by atoms with Crippen LogP contribution in [0.1, 0.15) is 38.5 Å². The van der Waals surface area contributed by atoms with E-state index in [4.69, 9.17) is 4.74 Å². The van der Waals surface area contributed by atoms with E-state index in [2.05, 4.69) is 10.6 Å². The van der Waals surface area contributed by atoms with Crippen molar-refractivity contribution in [2.45, 2.75) is 56.8 Å². The number of carbonyl (C=O) groups excluding carboxylic acids is 2. The zero-order chi connectivity index (χ0) is 19.9. The molecule has 0 unspecified atom stereocenters. The van der Waals surface area contributed by atoms with Gasteiger partial charge in [0.1, 0.15) is 11.9 Å². The Labute approximate surface area is 164 Å². The lowest BCUT2D eigenvalue weighted by atomic mass is 9.96. The second kappa shape index (κ2) is 9.84. The van der Waals surface area contributed by atoms with Gasteiger partial charge in [-0.1, -0.05) is 0 Å². The number of ether oxygens (including phenoxy) is 1. The third-order valence-electron chi connectivity index (χ3n) is 5.33. The topological polar surface area (TPSA) is 90.9 Å². The predicted octanol–water partition coefficient (Wildman–Crippen LogP) is 2.26. The van der Waals surface area contributed by atoms with Crippen LogP contribution in [0.4, 0.5) is 14.9 Å². The number of anilines is 1. The van der Waals surface area contributed by atoms with E-state index in [-0.39, 0.29) is 30.5 Å². The number of piperidine rings is 1. The molecular weight excluding hydrogens is 365 g/mol. The highest BCUT2D eigenvalue weighted by Crippen LogP contribution is 2.23. The number of likely N-dealkylation sites (tertiary alicyclic amines) is 1. The molecule has 2 aliphatic rings. The first-order valence-corrected chi connectivity index (χ1v) is 9.92. The standard InChI is InChI=1S/C20H28FN3O4/c21-14-4-6-15(7-5-14)22-20(27)23-17-9-8-16(28-18(17)13-25)12-19(26)24-10-2-1-3-11-24/h4-7,16-18,25H,1-3,8-13H2,(H2,22,23,27)/t16-,17+,18-/m0/s1. The van der Waals surface area contributed by atoms with E-state index < -0.39 is 12.1 Å². The van der Waals surface area contributed by atoms with Crippen molar-refractivity contribution >= 4 is 17.6 Å². The van der Waals surface area contributed by atoms with Crippen molar-refractivity contribution < 1.29 is 23.8 Å². The van der Waals surface area contributed by atoms with Crippen LogP contribution in [0.3, 0.4) is 0 Å². The Morgan fingerprint density at radius 1 is 1.14 bits per heavy atom. The van der Waals surface area contributed by atoms with Gasteiger partial charge in [-0.15, -0.1) is 0 Å². The van der Waals surface area contributed by atoms with Gasteiger partial charge in [0, 0.05) is 18.8 Å². The first-order valence-electron chi connectivity index (χ1n) is 9.92. The van der Waals surface area contributed by atoms with Gasteiger partial charge in [0.2, 0.25) is 5.91 Å². The van der Waals surface area contributed by atoms with E-state index in [9.17, 15) is 19.1 Å². The van der Waals surface area contributed by atoms with Crippen molar-refractivity contribution in [2.75, 3.05) is 25.0 Å². The number of halogens is 1. The molecule has 28 heavy (non-hydrogen) atoms. The molecule has 0 aliphatic carbocycles. The van der Waals surface area contributed by atoms with Gasteiger partial charge in [0.05, 0.1) is 25.2 Å². The van der Waals surface area contributed by atoms with Gasteiger partial charge < -0.3 is 25.4 Å². The number of amides is 3. The lowest BCUT2D eigenvalue weighted by molar-refractivity contribution is -0.141. The number of aliphatic hydroxyl groups excluding tert-OH is 1. The predicted molar refractivity (Wildman–Crippen MR) is 102 cm³/mol. The quantitative estimate of drug-likeness (QED) is 0.716. The fourth-order valence-electron chi connectivity index (χ4n) is 3.78. The maximum Gasteiger partial charge on any atom is 0.319 e. The van der Waals surface area contributed by atoms with Crippen LogP contribution in [0.15, 0.2) is 24.3 Å². The summed E-state index contributed by atoms with van der Waals surface area (Å²) in [7, 11) is 0. The van der Waals surface area contributed by atoms with Gasteiger partial charge in [0.15, 0.2) is 0 Å². The van der Waals surface area contributed by atoms with Gasteiger partial charge in [-0.25, -0.2) is 9.18 Å². The van der Waals surface area contributed by atoms with Gasteiger partial charge in [-0.2, -0.15) is 0 Å². The molecular formula is C20H28FN3O4. The summed E-state index contributed by atoms with van der Waals surface area (Å²) < 4.78 is 18.8. The molecule has 3 atom stereocenters. The fraction of sp³-hybridized carbons (Fsp3) is 0.600. The van der Waals surface area contributed by atoms with E-state index in [0.717, 1.165) is 25.9 Å². The van der Waals surface area contributed by atoms with Crippen molar-refractivity contribution in [3.63, 3.8) is 0 Å². The van der Waals surface area contributed by atoms with Crippen LogP contribution in [0, 0.1) is 5.82 Å². The van der Waals surface area contributed by atoms with Gasteiger partial charge in [-0.3, -0.25) is 4.79 Å². The zero-order valence-corrected chi connectivity index (χ0v) is 15.9. The third kappa shape index (κ3) is 5.65. The monoisotopic (exact) mass is 393 g/mol. The SMILES string of the molecule is O=C(Nc1ccc(F)cc1)N[C@@H]1CC[C@@H](CC(=O)N2CCCCC2)O[C@H]1CO. The molecule has 3 amide bonds. The molecule has 3 N–H and O–H groups in total. The van der Waals surface area contributed by atoms with Gasteiger partial charge >= 0.3 is 6.03 Å². The highest BCUT2D eigenvalue weighted by atomic mass is 19.1. The number of hydrogen-bond donors (Lipinski definition) is 3. The maximum atomic E-state index is 12.9. The summed E-state index contributed by atoms with van der Waals surface area (Å²) >= 11 is 0. The van der Waals surface area contributed by atoms with Crippen LogP contribution in [0.2, 0.25) is 0 Å². The maximum absolute atomic E-state index is 12.9. The van der Waals surface area contributed by atoms with Crippen LogP contribution in [0.25, 0.3) is 0 Å². The molecule has 3 rings (SSSR count). The molecule has 7 nitrogen and oxygen atoms in total. The van der Waals surface area contributed by atoms with Crippen molar-refractivity contribution in [3.05, 3.63) is 30.1 Å². The van der Waals surface area contributed by atoms with Crippen molar-refractivity contribution in [1.82, 2.24) is 10.2 Å².